The molecule has 1 aliphatic carbocycles. The van der Waals surface area contributed by atoms with E-state index in [0.29, 0.717) is 6.42 Å². The molecule has 2 nitrogen and oxygen atoms in total. The van der Waals surface area contributed by atoms with Crippen molar-refractivity contribution in [2.45, 2.75) is 38.5 Å². The maximum absolute atomic E-state index is 11.8. The molecular formula is C16H19NO. The number of nitrogens with one attached hydrogen (secondary N) is 1. The molecule has 1 fully saturated rings. The normalized spacial score (nSPS) is 15.3. The summed E-state index contributed by atoms with van der Waals surface area (Å²) >= 11 is 0. The van der Waals surface area contributed by atoms with Gasteiger partial charge in [0.1, 0.15) is 0 Å². The predicted octanol–water partition coefficient (Wildman–Crippen LogP) is 3.58. The highest BCUT2D eigenvalue weighted by Gasteiger charge is 2.16. The van der Waals surface area contributed by atoms with Gasteiger partial charge in [-0.25, -0.2) is 0 Å². The van der Waals surface area contributed by atoms with Crippen molar-refractivity contribution in [2.24, 2.45) is 5.92 Å². The van der Waals surface area contributed by atoms with Gasteiger partial charge in [0.2, 0.25) is 5.91 Å². The number of benzene rings is 1. The van der Waals surface area contributed by atoms with Crippen LogP contribution in [0.4, 0.5) is 5.69 Å². The van der Waals surface area contributed by atoms with Gasteiger partial charge < -0.3 is 5.32 Å². The van der Waals surface area contributed by atoms with E-state index in [2.05, 4.69) is 11.2 Å². The van der Waals surface area contributed by atoms with Gasteiger partial charge in [-0.3, -0.25) is 4.79 Å². The molecule has 18 heavy (non-hydrogen) atoms. The van der Waals surface area contributed by atoms with Crippen molar-refractivity contribution in [3.05, 3.63) is 29.8 Å². The second-order valence-electron chi connectivity index (χ2n) is 4.96. The maximum atomic E-state index is 11.8. The first kappa shape index (κ1) is 12.7. The molecule has 94 valence electrons. The van der Waals surface area contributed by atoms with Crippen LogP contribution >= 0.6 is 0 Å². The van der Waals surface area contributed by atoms with Gasteiger partial charge in [0, 0.05) is 17.7 Å². The van der Waals surface area contributed by atoms with Crippen molar-refractivity contribution >= 4 is 11.6 Å². The Labute approximate surface area is 109 Å². The smallest absolute Gasteiger partial charge is 0.224 e. The third-order valence-corrected chi connectivity index (χ3v) is 3.57. The van der Waals surface area contributed by atoms with Crippen molar-refractivity contribution < 1.29 is 4.79 Å². The number of rotatable bonds is 4. The van der Waals surface area contributed by atoms with Gasteiger partial charge in [0.25, 0.3) is 0 Å². The number of carbonyl (C=O) groups excluding carboxylic acids is 1. The van der Waals surface area contributed by atoms with Crippen LogP contribution in [0.3, 0.4) is 0 Å². The van der Waals surface area contributed by atoms with E-state index >= 15 is 0 Å². The Morgan fingerprint density at radius 2 is 2.17 bits per heavy atom. The van der Waals surface area contributed by atoms with E-state index < -0.39 is 0 Å². The zero-order chi connectivity index (χ0) is 12.8. The van der Waals surface area contributed by atoms with E-state index in [1.165, 1.54) is 25.7 Å². The molecule has 2 rings (SSSR count). The number of carbonyl (C=O) groups is 1. The summed E-state index contributed by atoms with van der Waals surface area (Å²) in [6.07, 6.45) is 12.2. The van der Waals surface area contributed by atoms with Crippen LogP contribution < -0.4 is 5.32 Å². The van der Waals surface area contributed by atoms with Crippen LogP contribution in [0.25, 0.3) is 0 Å². The third kappa shape index (κ3) is 3.63. The monoisotopic (exact) mass is 241 g/mol. The zero-order valence-corrected chi connectivity index (χ0v) is 10.6. The SMILES string of the molecule is C#Cc1cccc(NC(=O)CCC2CCCC2)c1. The fraction of sp³-hybridized carbons (Fsp3) is 0.438. The number of anilines is 1. The quantitative estimate of drug-likeness (QED) is 0.802. The van der Waals surface area contributed by atoms with E-state index in [0.717, 1.165) is 23.6 Å². The Hall–Kier alpha value is -1.75. The van der Waals surface area contributed by atoms with Crippen LogP contribution in [0.2, 0.25) is 0 Å². The highest BCUT2D eigenvalue weighted by molar-refractivity contribution is 5.90. The lowest BCUT2D eigenvalue weighted by atomic mass is 10.0. The molecule has 1 aromatic rings. The van der Waals surface area contributed by atoms with Crippen LogP contribution in [0.1, 0.15) is 44.1 Å². The molecule has 0 unspecified atom stereocenters. The second kappa shape index (κ2) is 6.26. The fourth-order valence-electron chi connectivity index (χ4n) is 2.54. The van der Waals surface area contributed by atoms with Gasteiger partial charge >= 0.3 is 0 Å². The summed E-state index contributed by atoms with van der Waals surface area (Å²) in [4.78, 5) is 11.8. The largest absolute Gasteiger partial charge is 0.326 e. The second-order valence-corrected chi connectivity index (χ2v) is 4.96. The van der Waals surface area contributed by atoms with E-state index in [-0.39, 0.29) is 5.91 Å². The minimum absolute atomic E-state index is 0.0936. The predicted molar refractivity (Wildman–Crippen MR) is 74.2 cm³/mol. The summed E-state index contributed by atoms with van der Waals surface area (Å²) in [7, 11) is 0. The van der Waals surface area contributed by atoms with Crippen LogP contribution in [-0.2, 0) is 4.79 Å². The standard InChI is InChI=1S/C16H19NO/c1-2-13-8-5-9-15(12-13)17-16(18)11-10-14-6-3-4-7-14/h1,5,8-9,12,14H,3-4,6-7,10-11H2,(H,17,18). The average molecular weight is 241 g/mol. The highest BCUT2D eigenvalue weighted by Crippen LogP contribution is 2.28. The molecule has 0 aromatic heterocycles. The lowest BCUT2D eigenvalue weighted by molar-refractivity contribution is -0.116. The molecule has 0 bridgehead atoms. The molecule has 0 radical (unpaired) electrons. The Balaban J connectivity index is 1.81. The summed E-state index contributed by atoms with van der Waals surface area (Å²) < 4.78 is 0. The molecule has 0 saturated heterocycles. The molecule has 1 N–H and O–H groups in total. The molecule has 1 aliphatic rings. The van der Waals surface area contributed by atoms with Gasteiger partial charge in [-0.05, 0) is 30.5 Å². The van der Waals surface area contributed by atoms with Crippen molar-refractivity contribution in [1.29, 1.82) is 0 Å². The lowest BCUT2D eigenvalue weighted by Gasteiger charge is -2.09. The summed E-state index contributed by atoms with van der Waals surface area (Å²) in [6.45, 7) is 0. The minimum atomic E-state index is 0.0936. The highest BCUT2D eigenvalue weighted by atomic mass is 16.1. The minimum Gasteiger partial charge on any atom is -0.326 e. The van der Waals surface area contributed by atoms with Gasteiger partial charge in [-0.2, -0.15) is 0 Å². The fourth-order valence-corrected chi connectivity index (χ4v) is 2.54. The topological polar surface area (TPSA) is 29.1 Å². The maximum Gasteiger partial charge on any atom is 0.224 e. The van der Waals surface area contributed by atoms with Gasteiger partial charge in [0.15, 0.2) is 0 Å². The number of terminal acetylenes is 1. The Morgan fingerprint density at radius 1 is 1.39 bits per heavy atom. The van der Waals surface area contributed by atoms with Crippen molar-refractivity contribution in [2.75, 3.05) is 5.32 Å². The van der Waals surface area contributed by atoms with Gasteiger partial charge in [-0.15, -0.1) is 6.42 Å². The van der Waals surface area contributed by atoms with E-state index in [4.69, 9.17) is 6.42 Å². The lowest BCUT2D eigenvalue weighted by Crippen LogP contribution is -2.12. The number of hydrogen-bond acceptors (Lipinski definition) is 1. The summed E-state index contributed by atoms with van der Waals surface area (Å²) in [5.41, 5.74) is 1.59. The first-order valence-electron chi connectivity index (χ1n) is 6.64. The van der Waals surface area contributed by atoms with Crippen molar-refractivity contribution in [1.82, 2.24) is 0 Å². The number of amides is 1. The summed E-state index contributed by atoms with van der Waals surface area (Å²) in [5.74, 6) is 3.42. The van der Waals surface area contributed by atoms with Crippen LogP contribution in [-0.4, -0.2) is 5.91 Å². The molecular weight excluding hydrogens is 222 g/mol. The first-order valence-corrected chi connectivity index (χ1v) is 6.64. The van der Waals surface area contributed by atoms with Gasteiger partial charge in [0.05, 0.1) is 0 Å². The average Bonchev–Trinajstić information content (AvgIpc) is 2.90. The molecule has 0 heterocycles. The van der Waals surface area contributed by atoms with E-state index in [1.54, 1.807) is 0 Å². The Morgan fingerprint density at radius 3 is 2.89 bits per heavy atom. The van der Waals surface area contributed by atoms with E-state index in [1.807, 2.05) is 24.3 Å². The molecule has 2 heteroatoms. The molecule has 1 saturated carbocycles. The van der Waals surface area contributed by atoms with Crippen LogP contribution in [0.15, 0.2) is 24.3 Å². The van der Waals surface area contributed by atoms with Gasteiger partial charge in [-0.1, -0.05) is 37.7 Å². The molecule has 0 aliphatic heterocycles. The molecule has 1 aromatic carbocycles. The Bertz CT molecular complexity index is 452. The van der Waals surface area contributed by atoms with Crippen LogP contribution in [0, 0.1) is 18.3 Å². The van der Waals surface area contributed by atoms with Crippen molar-refractivity contribution in [3.63, 3.8) is 0 Å². The summed E-state index contributed by atoms with van der Waals surface area (Å²) in [5, 5.41) is 2.91. The zero-order valence-electron chi connectivity index (χ0n) is 10.6. The Kier molecular flexibility index (Phi) is 4.41. The van der Waals surface area contributed by atoms with E-state index in [9.17, 15) is 4.79 Å². The molecule has 0 atom stereocenters. The summed E-state index contributed by atoms with van der Waals surface area (Å²) in [6, 6.07) is 7.41. The van der Waals surface area contributed by atoms with Crippen LogP contribution in [0.5, 0.6) is 0 Å². The first-order chi connectivity index (χ1) is 8.78. The number of hydrogen-bond donors (Lipinski definition) is 1. The van der Waals surface area contributed by atoms with Crippen molar-refractivity contribution in [3.8, 4) is 12.3 Å². The molecule has 0 spiro atoms. The molecule has 1 amide bonds. The third-order valence-electron chi connectivity index (χ3n) is 3.57.